The van der Waals surface area contributed by atoms with Crippen LogP contribution in [0.4, 0.5) is 0 Å². The second-order valence-corrected chi connectivity index (χ2v) is 8.02. The molecule has 1 aromatic rings. The van der Waals surface area contributed by atoms with Crippen molar-refractivity contribution in [3.63, 3.8) is 0 Å². The van der Waals surface area contributed by atoms with Crippen molar-refractivity contribution in [3.05, 3.63) is 29.0 Å². The summed E-state index contributed by atoms with van der Waals surface area (Å²) in [7, 11) is 0. The molecule has 0 aromatic carbocycles. The van der Waals surface area contributed by atoms with Crippen molar-refractivity contribution < 1.29 is 4.79 Å². The zero-order chi connectivity index (χ0) is 16.7. The molecular weight excluding hydrogens is 316 g/mol. The zero-order valence-electron chi connectivity index (χ0n) is 14.1. The van der Waals surface area contributed by atoms with Crippen molar-refractivity contribution >= 4 is 23.2 Å². The predicted molar refractivity (Wildman–Crippen MR) is 97.6 cm³/mol. The number of hydrogen-bond acceptors (Lipinski definition) is 4. The molecule has 2 heterocycles. The molecule has 1 aromatic heterocycles. The van der Waals surface area contributed by atoms with Crippen LogP contribution in [0, 0.1) is 17.8 Å². The fourth-order valence-electron chi connectivity index (χ4n) is 4.32. The number of likely N-dealkylation sites (tertiary alicyclic amines) is 1. The summed E-state index contributed by atoms with van der Waals surface area (Å²) in [5, 5.41) is 0.976. The monoisotopic (exact) mass is 338 g/mol. The van der Waals surface area contributed by atoms with Crippen LogP contribution in [0.1, 0.15) is 43.2 Å². The molecule has 3 nitrogen and oxygen atoms in total. The highest BCUT2D eigenvalue weighted by Gasteiger charge is 2.41. The number of Topliss-reactive ketones (excluding diaryl/α,β-unsaturated/α-hetero) is 1. The van der Waals surface area contributed by atoms with Crippen molar-refractivity contribution in [2.45, 2.75) is 43.6 Å². The van der Waals surface area contributed by atoms with E-state index in [4.69, 9.17) is 6.42 Å². The quantitative estimate of drug-likeness (QED) is 0.610. The molecule has 0 unspecified atom stereocenters. The van der Waals surface area contributed by atoms with E-state index in [9.17, 15) is 4.79 Å². The molecule has 2 aliphatic carbocycles. The molecule has 1 saturated carbocycles. The van der Waals surface area contributed by atoms with E-state index < -0.39 is 0 Å². The number of rotatable bonds is 2. The average molecular weight is 338 g/mol. The molecular formula is C20H22N2OS. The minimum absolute atomic E-state index is 0.0580. The van der Waals surface area contributed by atoms with E-state index in [-0.39, 0.29) is 5.78 Å². The van der Waals surface area contributed by atoms with E-state index in [2.05, 4.69) is 21.9 Å². The third-order valence-corrected chi connectivity index (χ3v) is 6.63. The van der Waals surface area contributed by atoms with Gasteiger partial charge in [-0.15, -0.1) is 18.2 Å². The van der Waals surface area contributed by atoms with Gasteiger partial charge in [-0.3, -0.25) is 4.79 Å². The predicted octanol–water partition coefficient (Wildman–Crippen LogP) is 3.54. The molecule has 24 heavy (non-hydrogen) atoms. The first-order valence-corrected chi connectivity index (χ1v) is 9.91. The number of fused-ring (bicyclic) bond motifs is 1. The summed E-state index contributed by atoms with van der Waals surface area (Å²) < 4.78 is 0. The summed E-state index contributed by atoms with van der Waals surface area (Å²) in [4.78, 5) is 19.3. The Hall–Kier alpha value is -1.73. The van der Waals surface area contributed by atoms with Crippen LogP contribution in [0.25, 0.3) is 5.70 Å². The molecule has 1 saturated heterocycles. The second kappa shape index (κ2) is 5.97. The first-order chi connectivity index (χ1) is 11.7. The van der Waals surface area contributed by atoms with E-state index in [1.54, 1.807) is 11.8 Å². The highest BCUT2D eigenvalue weighted by atomic mass is 32.2. The molecule has 0 bridgehead atoms. The Morgan fingerprint density at radius 2 is 2.04 bits per heavy atom. The van der Waals surface area contributed by atoms with Gasteiger partial charge in [0, 0.05) is 31.3 Å². The maximum Gasteiger partial charge on any atom is 0.177 e. The summed E-state index contributed by atoms with van der Waals surface area (Å²) in [6.45, 7) is 2.01. The highest BCUT2D eigenvalue weighted by Crippen LogP contribution is 2.50. The smallest absolute Gasteiger partial charge is 0.177 e. The van der Waals surface area contributed by atoms with Crippen molar-refractivity contribution in [3.8, 4) is 12.3 Å². The lowest BCUT2D eigenvalue weighted by atomic mass is 9.63. The van der Waals surface area contributed by atoms with Crippen molar-refractivity contribution in [2.24, 2.45) is 5.41 Å². The molecule has 1 spiro atoms. The molecule has 0 atom stereocenters. The molecule has 0 radical (unpaired) electrons. The van der Waals surface area contributed by atoms with Crippen molar-refractivity contribution in [1.29, 1.82) is 0 Å². The zero-order valence-corrected chi connectivity index (χ0v) is 14.9. The van der Waals surface area contributed by atoms with Crippen LogP contribution in [-0.2, 0) is 11.2 Å². The number of terminal acetylenes is 1. The first-order valence-electron chi connectivity index (χ1n) is 8.68. The van der Waals surface area contributed by atoms with Gasteiger partial charge in [-0.05, 0) is 49.0 Å². The van der Waals surface area contributed by atoms with Crippen LogP contribution in [-0.4, -0.2) is 35.0 Å². The summed E-state index contributed by atoms with van der Waals surface area (Å²) in [6, 6.07) is 2.10. The van der Waals surface area contributed by atoms with E-state index in [0.29, 0.717) is 17.4 Å². The third kappa shape index (κ3) is 2.46. The largest absolute Gasteiger partial charge is 0.370 e. The Morgan fingerprint density at radius 3 is 2.62 bits per heavy atom. The molecule has 0 amide bonds. The molecule has 4 rings (SSSR count). The van der Waals surface area contributed by atoms with Gasteiger partial charge in [-0.1, -0.05) is 12.3 Å². The van der Waals surface area contributed by atoms with E-state index >= 15 is 0 Å². The fourth-order valence-corrected chi connectivity index (χ4v) is 4.72. The Labute approximate surface area is 147 Å². The van der Waals surface area contributed by atoms with Gasteiger partial charge in [0.25, 0.3) is 0 Å². The summed E-state index contributed by atoms with van der Waals surface area (Å²) in [6.07, 6.45) is 16.5. The Balaban J connectivity index is 1.73. The normalized spacial score (nSPS) is 22.2. The molecule has 124 valence electrons. The number of carbonyl (C=O) groups excluding carboxylic acids is 1. The summed E-state index contributed by atoms with van der Waals surface area (Å²) >= 11 is 1.62. The number of hydrogen-bond donors (Lipinski definition) is 0. The lowest BCUT2D eigenvalue weighted by Crippen LogP contribution is -2.43. The van der Waals surface area contributed by atoms with Gasteiger partial charge in [0.15, 0.2) is 5.78 Å². The van der Waals surface area contributed by atoms with Gasteiger partial charge in [0.05, 0.1) is 16.3 Å². The van der Waals surface area contributed by atoms with Crippen LogP contribution < -0.4 is 0 Å². The number of allylic oxidation sites excluding steroid dienone is 1. The lowest BCUT2D eigenvalue weighted by molar-refractivity contribution is -0.114. The minimum atomic E-state index is 0.0580. The second-order valence-electron chi connectivity index (χ2n) is 7.19. The SMILES string of the molecule is C#CC1=C(N2CCC3(CCC3)CC2)c2cc(SC)ncc2CC1=O. The van der Waals surface area contributed by atoms with Crippen LogP contribution >= 0.6 is 11.8 Å². The molecule has 1 aliphatic heterocycles. The standard InChI is InChI=1S/C20H22N2OS/c1-3-15-17(23)11-14-13-21-18(24-2)12-16(14)19(15)22-9-7-20(8-10-22)5-4-6-20/h1,12-13H,4-11H2,2H3. The number of nitrogens with zero attached hydrogens (tertiary/aromatic N) is 2. The van der Waals surface area contributed by atoms with Crippen LogP contribution in [0.15, 0.2) is 22.9 Å². The van der Waals surface area contributed by atoms with Crippen molar-refractivity contribution in [2.75, 3.05) is 19.3 Å². The van der Waals surface area contributed by atoms with Gasteiger partial charge in [-0.25, -0.2) is 4.98 Å². The van der Waals surface area contributed by atoms with Crippen LogP contribution in [0.2, 0.25) is 0 Å². The Bertz CT molecular complexity index is 760. The van der Waals surface area contributed by atoms with Gasteiger partial charge in [0.1, 0.15) is 0 Å². The van der Waals surface area contributed by atoms with Gasteiger partial charge >= 0.3 is 0 Å². The number of ketones is 1. The summed E-state index contributed by atoms with van der Waals surface area (Å²) in [5.41, 5.74) is 4.25. The number of aromatic nitrogens is 1. The van der Waals surface area contributed by atoms with Gasteiger partial charge in [0.2, 0.25) is 0 Å². The molecule has 0 N–H and O–H groups in total. The van der Waals surface area contributed by atoms with Crippen LogP contribution in [0.5, 0.6) is 0 Å². The number of pyridine rings is 1. The average Bonchev–Trinajstić information content (AvgIpc) is 2.59. The molecule has 4 heteroatoms. The lowest BCUT2D eigenvalue weighted by Gasteiger charge is -2.49. The minimum Gasteiger partial charge on any atom is -0.370 e. The first kappa shape index (κ1) is 15.8. The third-order valence-electron chi connectivity index (χ3n) is 5.99. The van der Waals surface area contributed by atoms with Crippen molar-refractivity contribution in [1.82, 2.24) is 9.88 Å². The Kier molecular flexibility index (Phi) is 3.92. The summed E-state index contributed by atoms with van der Waals surface area (Å²) in [5.74, 6) is 2.75. The van der Waals surface area contributed by atoms with E-state index in [1.165, 1.54) is 32.1 Å². The molecule has 2 fully saturated rings. The highest BCUT2D eigenvalue weighted by molar-refractivity contribution is 7.98. The number of carbonyl (C=O) groups is 1. The Morgan fingerprint density at radius 1 is 1.29 bits per heavy atom. The number of thioether (sulfide) groups is 1. The van der Waals surface area contributed by atoms with E-state index in [0.717, 1.165) is 34.9 Å². The topological polar surface area (TPSA) is 33.2 Å². The van der Waals surface area contributed by atoms with Gasteiger partial charge < -0.3 is 4.90 Å². The fraction of sp³-hybridized carbons (Fsp3) is 0.500. The maximum absolute atomic E-state index is 12.5. The van der Waals surface area contributed by atoms with Gasteiger partial charge in [-0.2, -0.15) is 0 Å². The number of piperidine rings is 1. The maximum atomic E-state index is 12.5. The van der Waals surface area contributed by atoms with Crippen LogP contribution in [0.3, 0.4) is 0 Å². The molecule has 3 aliphatic rings. The van der Waals surface area contributed by atoms with E-state index in [1.807, 2.05) is 12.5 Å².